The first-order chi connectivity index (χ1) is 16.4. The molecular weight excluding hydrogens is 484 g/mol. The molecule has 0 N–H and O–H groups in total. The van der Waals surface area contributed by atoms with Gasteiger partial charge in [0.15, 0.2) is 16.8 Å². The molecule has 11 heteroatoms. The SMILES string of the molecule is O=S(=O)(c1ccc2c(c1)nc(SCc1cccc(F)c1F)n2C[C@@H]1CCCO1)N1CCOCC1. The lowest BCUT2D eigenvalue weighted by molar-refractivity contribution is 0.0730. The molecule has 0 bridgehead atoms. The number of rotatable bonds is 7. The fraction of sp³-hybridized carbons (Fsp3) is 0.435. The van der Waals surface area contributed by atoms with Crippen molar-refractivity contribution in [3.63, 3.8) is 0 Å². The summed E-state index contributed by atoms with van der Waals surface area (Å²) in [5.74, 6) is -1.56. The average molecular weight is 510 g/mol. The molecule has 0 unspecified atom stereocenters. The second kappa shape index (κ2) is 9.90. The Morgan fingerprint density at radius 3 is 2.71 bits per heavy atom. The highest BCUT2D eigenvalue weighted by atomic mass is 32.2. The van der Waals surface area contributed by atoms with Crippen molar-refractivity contribution in [2.45, 2.75) is 41.3 Å². The maximum Gasteiger partial charge on any atom is 0.243 e. The number of aromatic nitrogens is 2. The summed E-state index contributed by atoms with van der Waals surface area (Å²) < 4.78 is 68.5. The maximum absolute atomic E-state index is 14.2. The standard InChI is InChI=1S/C23H25F2N3O4S2/c24-19-5-1-3-16(22(19)25)15-33-23-26-20-13-18(34(29,30)27-8-11-31-12-9-27)6-7-21(20)28(23)14-17-4-2-10-32-17/h1,3,5-7,13,17H,2,4,8-12,14-15H2/t17-/m0/s1. The van der Waals surface area contributed by atoms with E-state index in [-0.39, 0.29) is 22.3 Å². The van der Waals surface area contributed by atoms with Crippen molar-refractivity contribution in [1.29, 1.82) is 0 Å². The van der Waals surface area contributed by atoms with Crippen LogP contribution in [0.1, 0.15) is 18.4 Å². The molecule has 1 aromatic heterocycles. The molecular formula is C23H25F2N3O4S2. The van der Waals surface area contributed by atoms with E-state index >= 15 is 0 Å². The van der Waals surface area contributed by atoms with Crippen LogP contribution >= 0.6 is 11.8 Å². The number of hydrogen-bond acceptors (Lipinski definition) is 6. The van der Waals surface area contributed by atoms with Crippen LogP contribution in [-0.4, -0.2) is 61.3 Å². The molecule has 1 atom stereocenters. The zero-order valence-corrected chi connectivity index (χ0v) is 20.1. The Bertz CT molecular complexity index is 1290. The molecule has 2 aromatic carbocycles. The first-order valence-corrected chi connectivity index (χ1v) is 13.6. The number of ether oxygens (including phenoxy) is 2. The number of morpholine rings is 1. The number of hydrogen-bond donors (Lipinski definition) is 0. The molecule has 0 radical (unpaired) electrons. The number of halogens is 2. The summed E-state index contributed by atoms with van der Waals surface area (Å²) in [5, 5.41) is 0.607. The molecule has 0 aliphatic carbocycles. The zero-order valence-electron chi connectivity index (χ0n) is 18.5. The number of nitrogens with zero attached hydrogens (tertiary/aromatic N) is 3. The second-order valence-electron chi connectivity index (χ2n) is 8.31. The lowest BCUT2D eigenvalue weighted by Gasteiger charge is -2.26. The van der Waals surface area contributed by atoms with Gasteiger partial charge in [0.25, 0.3) is 0 Å². The molecule has 3 heterocycles. The minimum absolute atomic E-state index is 0.0272. The largest absolute Gasteiger partial charge is 0.379 e. The average Bonchev–Trinajstić information content (AvgIpc) is 3.48. The smallest absolute Gasteiger partial charge is 0.243 e. The van der Waals surface area contributed by atoms with Crippen LogP contribution < -0.4 is 0 Å². The van der Waals surface area contributed by atoms with Gasteiger partial charge in [-0.05, 0) is 37.1 Å². The Balaban J connectivity index is 1.48. The summed E-state index contributed by atoms with van der Waals surface area (Å²) in [6.45, 7) is 2.63. The van der Waals surface area contributed by atoms with Gasteiger partial charge in [-0.25, -0.2) is 22.2 Å². The third-order valence-corrected chi connectivity index (χ3v) is 9.01. The van der Waals surface area contributed by atoms with Crippen LogP contribution in [-0.2, 0) is 31.8 Å². The Morgan fingerprint density at radius 2 is 1.94 bits per heavy atom. The summed E-state index contributed by atoms with van der Waals surface area (Å²) in [6, 6.07) is 9.06. The van der Waals surface area contributed by atoms with Crippen molar-refractivity contribution in [3.8, 4) is 0 Å². The number of sulfonamides is 1. The van der Waals surface area contributed by atoms with E-state index in [9.17, 15) is 17.2 Å². The van der Waals surface area contributed by atoms with Gasteiger partial charge < -0.3 is 14.0 Å². The van der Waals surface area contributed by atoms with Crippen LogP contribution in [0.4, 0.5) is 8.78 Å². The van der Waals surface area contributed by atoms with Crippen LogP contribution in [0, 0.1) is 11.6 Å². The van der Waals surface area contributed by atoms with Crippen LogP contribution in [0.15, 0.2) is 46.5 Å². The first kappa shape index (κ1) is 23.7. The Kier molecular flexibility index (Phi) is 6.90. The molecule has 0 spiro atoms. The summed E-state index contributed by atoms with van der Waals surface area (Å²) >= 11 is 1.29. The maximum atomic E-state index is 14.2. The third-order valence-electron chi connectivity index (χ3n) is 6.09. The number of thioether (sulfide) groups is 1. The van der Waals surface area contributed by atoms with Crippen molar-refractivity contribution >= 4 is 32.8 Å². The highest BCUT2D eigenvalue weighted by Crippen LogP contribution is 2.31. The van der Waals surface area contributed by atoms with Crippen molar-refractivity contribution in [1.82, 2.24) is 13.9 Å². The van der Waals surface area contributed by atoms with Gasteiger partial charge in [-0.2, -0.15) is 4.31 Å². The van der Waals surface area contributed by atoms with Crippen molar-refractivity contribution in [3.05, 3.63) is 53.6 Å². The lowest BCUT2D eigenvalue weighted by Crippen LogP contribution is -2.40. The monoisotopic (exact) mass is 509 g/mol. The molecule has 0 amide bonds. The van der Waals surface area contributed by atoms with Gasteiger partial charge in [0.2, 0.25) is 10.0 Å². The van der Waals surface area contributed by atoms with E-state index in [1.54, 1.807) is 24.3 Å². The molecule has 3 aromatic rings. The fourth-order valence-corrected chi connectivity index (χ4v) is 6.69. The zero-order chi connectivity index (χ0) is 23.7. The van der Waals surface area contributed by atoms with Gasteiger partial charge in [-0.15, -0.1) is 0 Å². The molecule has 2 aliphatic heterocycles. The molecule has 0 saturated carbocycles. The van der Waals surface area contributed by atoms with Crippen LogP contribution in [0.25, 0.3) is 11.0 Å². The summed E-state index contributed by atoms with van der Waals surface area (Å²) in [7, 11) is -3.66. The summed E-state index contributed by atoms with van der Waals surface area (Å²) in [5.41, 5.74) is 1.56. The lowest BCUT2D eigenvalue weighted by atomic mass is 10.2. The van der Waals surface area contributed by atoms with Gasteiger partial charge in [0.1, 0.15) is 0 Å². The molecule has 2 saturated heterocycles. The van der Waals surface area contributed by atoms with Gasteiger partial charge in [-0.1, -0.05) is 23.9 Å². The number of imidazole rings is 1. The molecule has 7 nitrogen and oxygen atoms in total. The highest BCUT2D eigenvalue weighted by molar-refractivity contribution is 7.98. The van der Waals surface area contributed by atoms with Crippen LogP contribution in [0.2, 0.25) is 0 Å². The van der Waals surface area contributed by atoms with E-state index in [0.717, 1.165) is 24.4 Å². The van der Waals surface area contributed by atoms with E-state index < -0.39 is 21.7 Å². The van der Waals surface area contributed by atoms with Gasteiger partial charge in [0.05, 0.1) is 41.8 Å². The summed E-state index contributed by atoms with van der Waals surface area (Å²) in [6.07, 6.45) is 1.93. The molecule has 34 heavy (non-hydrogen) atoms. The quantitative estimate of drug-likeness (QED) is 0.451. The van der Waals surface area contributed by atoms with E-state index in [0.29, 0.717) is 50.1 Å². The van der Waals surface area contributed by atoms with Crippen molar-refractivity contribution < 1.29 is 26.7 Å². The van der Waals surface area contributed by atoms with E-state index in [1.165, 1.54) is 22.1 Å². The topological polar surface area (TPSA) is 73.7 Å². The van der Waals surface area contributed by atoms with E-state index in [4.69, 9.17) is 9.47 Å². The highest BCUT2D eigenvalue weighted by Gasteiger charge is 2.28. The van der Waals surface area contributed by atoms with Gasteiger partial charge in [-0.3, -0.25) is 0 Å². The van der Waals surface area contributed by atoms with E-state index in [2.05, 4.69) is 4.98 Å². The van der Waals surface area contributed by atoms with Gasteiger partial charge in [0, 0.05) is 31.0 Å². The van der Waals surface area contributed by atoms with Crippen molar-refractivity contribution in [2.75, 3.05) is 32.9 Å². The molecule has 2 fully saturated rings. The number of benzene rings is 2. The Hall–Kier alpha value is -2.05. The van der Waals surface area contributed by atoms with Crippen molar-refractivity contribution in [2.24, 2.45) is 0 Å². The molecule has 5 rings (SSSR count). The Morgan fingerprint density at radius 1 is 1.12 bits per heavy atom. The Labute approximate surface area is 201 Å². The normalized spacial score (nSPS) is 19.8. The fourth-order valence-electron chi connectivity index (χ4n) is 4.26. The molecule has 2 aliphatic rings. The van der Waals surface area contributed by atoms with Gasteiger partial charge >= 0.3 is 0 Å². The predicted octanol–water partition coefficient (Wildman–Crippen LogP) is 3.81. The minimum atomic E-state index is -3.66. The third kappa shape index (κ3) is 4.72. The first-order valence-electron chi connectivity index (χ1n) is 11.2. The molecule has 182 valence electrons. The summed E-state index contributed by atoms with van der Waals surface area (Å²) in [4.78, 5) is 4.86. The van der Waals surface area contributed by atoms with Crippen LogP contribution in [0.5, 0.6) is 0 Å². The minimum Gasteiger partial charge on any atom is -0.379 e. The predicted molar refractivity (Wildman–Crippen MR) is 124 cm³/mol. The van der Waals surface area contributed by atoms with E-state index in [1.807, 2.05) is 4.57 Å². The van der Waals surface area contributed by atoms with Crippen LogP contribution in [0.3, 0.4) is 0 Å². The number of fused-ring (bicyclic) bond motifs is 1. The second-order valence-corrected chi connectivity index (χ2v) is 11.2.